The molecular weight excluding hydrogens is 819 g/mol. The fourth-order valence-corrected chi connectivity index (χ4v) is 7.98. The van der Waals surface area contributed by atoms with Crippen LogP contribution in [0.1, 0.15) is 152 Å². The molecular formula is C59H83NO4S. The van der Waals surface area contributed by atoms with Crippen molar-refractivity contribution in [2.24, 2.45) is 0 Å². The van der Waals surface area contributed by atoms with E-state index in [2.05, 4.69) is 177 Å². The molecule has 0 aliphatic heterocycles. The van der Waals surface area contributed by atoms with E-state index in [9.17, 15) is 9.59 Å². The van der Waals surface area contributed by atoms with Gasteiger partial charge in [-0.25, -0.2) is 0 Å². The smallest absolute Gasteiger partial charge is 0.311 e. The number of benzene rings is 1. The molecule has 1 N–H and O–H groups in total. The Morgan fingerprint density at radius 3 is 1.58 bits per heavy atom. The molecule has 5 nitrogen and oxygen atoms in total. The van der Waals surface area contributed by atoms with E-state index in [1.54, 1.807) is 0 Å². The van der Waals surface area contributed by atoms with Crippen LogP contribution in [-0.2, 0) is 28.9 Å². The highest BCUT2D eigenvalue weighted by atomic mass is 32.1. The molecule has 0 radical (unpaired) electrons. The van der Waals surface area contributed by atoms with Gasteiger partial charge in [0, 0.05) is 30.3 Å². The van der Waals surface area contributed by atoms with Crippen molar-refractivity contribution in [3.05, 3.63) is 173 Å². The number of aliphatic carboxylic acids is 1. The highest BCUT2D eigenvalue weighted by molar-refractivity contribution is 7.09. The molecule has 1 aromatic carbocycles. The molecule has 354 valence electrons. The van der Waals surface area contributed by atoms with E-state index >= 15 is 0 Å². The molecule has 0 bridgehead atoms. The van der Waals surface area contributed by atoms with Gasteiger partial charge < -0.3 is 9.84 Å². The number of fused-ring (bicyclic) bond motifs is 1. The average Bonchev–Trinajstić information content (AvgIpc) is 3.84. The predicted octanol–water partition coefficient (Wildman–Crippen LogP) is 16.4. The normalized spacial score (nSPS) is 14.7. The molecule has 0 saturated heterocycles. The molecule has 3 rings (SSSR count). The van der Waals surface area contributed by atoms with Crippen molar-refractivity contribution in [1.82, 2.24) is 4.90 Å². The Kier molecular flexibility index (Phi) is 35.3. The van der Waals surface area contributed by atoms with E-state index < -0.39 is 5.97 Å². The minimum Gasteiger partial charge on any atom is -0.481 e. The van der Waals surface area contributed by atoms with Crippen LogP contribution in [-0.4, -0.2) is 41.1 Å². The Bertz CT molecular complexity index is 1820. The van der Waals surface area contributed by atoms with Crippen molar-refractivity contribution in [3.63, 3.8) is 0 Å². The van der Waals surface area contributed by atoms with Gasteiger partial charge in [0.15, 0.2) is 0 Å². The SMILES string of the molecule is CC/C=C\C/C=C\C/C=C\C/C=C\C/C=C\CCCC(=O)O.CC/C=C\C/C=C\C/C=C\C/C=C\C/C=C\CCCC(=O)Oc1cccc2c1CC[C@H](N(CCC)CCc1cccs1)C2. The molecule has 0 fully saturated rings. The maximum atomic E-state index is 12.6. The van der Waals surface area contributed by atoms with Gasteiger partial charge in [-0.2, -0.15) is 0 Å². The second-order valence-corrected chi connectivity index (χ2v) is 17.3. The molecule has 6 heteroatoms. The zero-order chi connectivity index (χ0) is 46.7. The predicted molar refractivity (Wildman–Crippen MR) is 282 cm³/mol. The number of carboxylic acid groups (broad SMARTS) is 1. The number of esters is 1. The Morgan fingerprint density at radius 2 is 1.12 bits per heavy atom. The largest absolute Gasteiger partial charge is 0.481 e. The van der Waals surface area contributed by atoms with Crippen molar-refractivity contribution in [1.29, 1.82) is 0 Å². The zero-order valence-corrected chi connectivity index (χ0v) is 41.2. The van der Waals surface area contributed by atoms with Crippen LogP contribution < -0.4 is 4.74 Å². The fourth-order valence-electron chi connectivity index (χ4n) is 7.28. The second-order valence-electron chi connectivity index (χ2n) is 16.2. The van der Waals surface area contributed by atoms with E-state index in [0.717, 1.165) is 134 Å². The fraction of sp³-hybridized carbons (Fsp3) is 0.458. The highest BCUT2D eigenvalue weighted by Crippen LogP contribution is 2.32. The van der Waals surface area contributed by atoms with Crippen LogP contribution in [0, 0.1) is 0 Å². The molecule has 1 aliphatic carbocycles. The maximum Gasteiger partial charge on any atom is 0.311 e. The van der Waals surface area contributed by atoms with Crippen LogP contribution in [0.3, 0.4) is 0 Å². The van der Waals surface area contributed by atoms with Crippen molar-refractivity contribution in [3.8, 4) is 5.75 Å². The average molecular weight is 902 g/mol. The summed E-state index contributed by atoms with van der Waals surface area (Å²) in [7, 11) is 0. The van der Waals surface area contributed by atoms with Gasteiger partial charge in [-0.1, -0.05) is 160 Å². The zero-order valence-electron chi connectivity index (χ0n) is 40.4. The number of carboxylic acids is 1. The number of ether oxygens (including phenoxy) is 1. The van der Waals surface area contributed by atoms with E-state index in [1.807, 2.05) is 17.4 Å². The molecule has 65 heavy (non-hydrogen) atoms. The lowest BCUT2D eigenvalue weighted by Crippen LogP contribution is -2.41. The van der Waals surface area contributed by atoms with Gasteiger partial charge in [0.2, 0.25) is 0 Å². The molecule has 0 saturated carbocycles. The number of unbranched alkanes of at least 4 members (excludes halogenated alkanes) is 2. The molecule has 2 aromatic rings. The van der Waals surface area contributed by atoms with E-state index in [4.69, 9.17) is 9.84 Å². The summed E-state index contributed by atoms with van der Waals surface area (Å²) in [5.74, 6) is -0.0600. The third-order valence-corrected chi connectivity index (χ3v) is 11.7. The van der Waals surface area contributed by atoms with Crippen molar-refractivity contribution in [2.45, 2.75) is 162 Å². The lowest BCUT2D eigenvalue weighted by molar-refractivity contribution is -0.137. The number of thiophene rings is 1. The van der Waals surface area contributed by atoms with Gasteiger partial charge in [-0.3, -0.25) is 14.5 Å². The van der Waals surface area contributed by atoms with Crippen molar-refractivity contribution >= 4 is 23.3 Å². The van der Waals surface area contributed by atoms with Gasteiger partial charge in [0.05, 0.1) is 0 Å². The molecule has 0 unspecified atom stereocenters. The summed E-state index contributed by atoms with van der Waals surface area (Å²) < 4.78 is 5.88. The quantitative estimate of drug-likeness (QED) is 0.0335. The Labute approximate surface area is 399 Å². The number of allylic oxidation sites excluding steroid dienone is 20. The van der Waals surface area contributed by atoms with Crippen LogP contribution in [0.25, 0.3) is 0 Å². The molecule has 0 amide bonds. The standard InChI is InChI=1S/C39H53NO2S.C20H30O2/c1-3-5-6-7-8-9-10-11-12-13-14-15-16-17-18-19-20-26-39(41)42-38-25-21-23-34-33-35(27-28-37(34)38)40(30-4-2)31-29-36-24-22-32-43-36;1-2-3-4-5-6-7-8-9-10-11-12-13-14-15-16-17-18-19-20(21)22/h5-6,8-9,11-12,14-15,17-18,21-25,32,35H,3-4,7,10,13,16,19-20,26-31,33H2,1-2H3;3-4,6-7,9-10,12-13,15-16H,2,5,8,11,14,17-19H2,1H3,(H,21,22)/b6-5-,9-8-,12-11-,15-14-,18-17-;4-3-,7-6-,10-9-,13-12-,16-15-/t35-;/m0./s1. The monoisotopic (exact) mass is 902 g/mol. The maximum absolute atomic E-state index is 12.6. The molecule has 1 aliphatic rings. The van der Waals surface area contributed by atoms with E-state index in [-0.39, 0.29) is 12.4 Å². The summed E-state index contributed by atoms with van der Waals surface area (Å²) >= 11 is 1.86. The lowest BCUT2D eigenvalue weighted by atomic mass is 9.86. The highest BCUT2D eigenvalue weighted by Gasteiger charge is 2.26. The topological polar surface area (TPSA) is 66.8 Å². The molecule has 1 atom stereocenters. The summed E-state index contributed by atoms with van der Waals surface area (Å²) in [5.41, 5.74) is 2.58. The minimum atomic E-state index is -0.715. The third-order valence-electron chi connectivity index (χ3n) is 10.7. The Hall–Kier alpha value is -4.78. The van der Waals surface area contributed by atoms with Crippen LogP contribution in [0.15, 0.2) is 157 Å². The number of nitrogens with zero attached hydrogens (tertiary/aromatic N) is 1. The first kappa shape index (κ1) is 56.3. The number of rotatable bonds is 33. The van der Waals surface area contributed by atoms with E-state index in [0.29, 0.717) is 12.5 Å². The first-order valence-corrected chi connectivity index (χ1v) is 25.7. The first-order chi connectivity index (χ1) is 32.0. The molecule has 1 heterocycles. The number of carbonyl (C=O) groups is 2. The first-order valence-electron chi connectivity index (χ1n) is 24.8. The molecule has 0 spiro atoms. The van der Waals surface area contributed by atoms with Crippen LogP contribution in [0.5, 0.6) is 5.75 Å². The second kappa shape index (κ2) is 40.7. The summed E-state index contributed by atoms with van der Waals surface area (Å²) in [5, 5.41) is 10.7. The van der Waals surface area contributed by atoms with Gasteiger partial charge in [0.1, 0.15) is 5.75 Å². The third kappa shape index (κ3) is 30.9. The summed E-state index contributed by atoms with van der Waals surface area (Å²) in [6.07, 6.45) is 63.1. The Balaban J connectivity index is 0.000000557. The number of carbonyl (C=O) groups excluding carboxylic acids is 1. The van der Waals surface area contributed by atoms with E-state index in [1.165, 1.54) is 22.4 Å². The van der Waals surface area contributed by atoms with Crippen LogP contribution >= 0.6 is 11.3 Å². The number of hydrogen-bond donors (Lipinski definition) is 1. The minimum absolute atomic E-state index is 0.119. The summed E-state index contributed by atoms with van der Waals surface area (Å²) in [6.45, 7) is 8.82. The number of hydrogen-bond acceptors (Lipinski definition) is 5. The van der Waals surface area contributed by atoms with Crippen LogP contribution in [0.2, 0.25) is 0 Å². The van der Waals surface area contributed by atoms with Gasteiger partial charge in [-0.05, 0) is 157 Å². The van der Waals surface area contributed by atoms with Gasteiger partial charge >= 0.3 is 11.9 Å². The summed E-state index contributed by atoms with van der Waals surface area (Å²) in [4.78, 5) is 27.1. The van der Waals surface area contributed by atoms with Gasteiger partial charge in [-0.15, -0.1) is 11.3 Å². The summed E-state index contributed by atoms with van der Waals surface area (Å²) in [6, 6.07) is 11.2. The molecule has 1 aromatic heterocycles. The van der Waals surface area contributed by atoms with Crippen LogP contribution in [0.4, 0.5) is 0 Å². The lowest BCUT2D eigenvalue weighted by Gasteiger charge is -2.35. The van der Waals surface area contributed by atoms with Crippen molar-refractivity contribution in [2.75, 3.05) is 13.1 Å². The van der Waals surface area contributed by atoms with Crippen molar-refractivity contribution < 1.29 is 19.4 Å². The Morgan fingerprint density at radius 1 is 0.631 bits per heavy atom. The van der Waals surface area contributed by atoms with Gasteiger partial charge in [0.25, 0.3) is 0 Å².